The highest BCUT2D eigenvalue weighted by atomic mass is 127. The zero-order valence-electron chi connectivity index (χ0n) is 15.3. The fourth-order valence-corrected chi connectivity index (χ4v) is 3.79. The second kappa shape index (κ2) is 9.25. The van der Waals surface area contributed by atoms with Crippen LogP contribution in [0, 0.1) is 0 Å². The van der Waals surface area contributed by atoms with E-state index in [-0.39, 0.29) is 24.0 Å². The summed E-state index contributed by atoms with van der Waals surface area (Å²) in [4.78, 5) is 9.23. The summed E-state index contributed by atoms with van der Waals surface area (Å²) in [6.45, 7) is 4.76. The van der Waals surface area contributed by atoms with Gasteiger partial charge in [0.05, 0.1) is 5.69 Å². The van der Waals surface area contributed by atoms with Gasteiger partial charge in [0.2, 0.25) is 0 Å². The molecule has 4 rings (SSSR count). The Morgan fingerprint density at radius 2 is 2.11 bits per heavy atom. The average molecular weight is 502 g/mol. The first-order chi connectivity index (χ1) is 12.7. The maximum Gasteiger partial charge on any atom is 0.193 e. The summed E-state index contributed by atoms with van der Waals surface area (Å²) < 4.78 is 4.91. The molecular formula is C19H25ClIN5O. The molecule has 2 aliphatic rings. The van der Waals surface area contributed by atoms with Gasteiger partial charge in [0.15, 0.2) is 5.96 Å². The van der Waals surface area contributed by atoms with Gasteiger partial charge in [-0.25, -0.2) is 0 Å². The standard InChI is InChI=1S/C19H24ClN5O.HI/c1-21-19(22-18-12-17(18)14-3-2-4-15(20)11-14)25-8-6-24(7-9-25)13-16-5-10-26-23-16;/h2-5,10-11,17-18H,6-9,12-13H2,1H3,(H,21,22);1H. The minimum absolute atomic E-state index is 0. The van der Waals surface area contributed by atoms with E-state index in [9.17, 15) is 0 Å². The average Bonchev–Trinajstić information content (AvgIpc) is 3.25. The summed E-state index contributed by atoms with van der Waals surface area (Å²) in [5, 5.41) is 8.43. The van der Waals surface area contributed by atoms with E-state index in [2.05, 4.69) is 37.4 Å². The number of halogens is 2. The molecule has 1 aromatic carbocycles. The number of hydrogen-bond donors (Lipinski definition) is 1. The topological polar surface area (TPSA) is 56.9 Å². The number of piperazine rings is 1. The summed E-state index contributed by atoms with van der Waals surface area (Å²) in [5.41, 5.74) is 2.30. The number of guanidine groups is 1. The highest BCUT2D eigenvalue weighted by molar-refractivity contribution is 14.0. The number of rotatable bonds is 4. The van der Waals surface area contributed by atoms with Gasteiger partial charge in [0, 0.05) is 62.8 Å². The van der Waals surface area contributed by atoms with Gasteiger partial charge < -0.3 is 14.7 Å². The van der Waals surface area contributed by atoms with E-state index >= 15 is 0 Å². The summed E-state index contributed by atoms with van der Waals surface area (Å²) in [7, 11) is 1.86. The Labute approximate surface area is 182 Å². The Bertz CT molecular complexity index is 761. The van der Waals surface area contributed by atoms with Crippen LogP contribution in [0.1, 0.15) is 23.6 Å². The van der Waals surface area contributed by atoms with E-state index < -0.39 is 0 Å². The van der Waals surface area contributed by atoms with Gasteiger partial charge in [0.1, 0.15) is 6.26 Å². The molecule has 0 bridgehead atoms. The van der Waals surface area contributed by atoms with E-state index in [1.54, 1.807) is 6.26 Å². The molecule has 1 saturated heterocycles. The number of aliphatic imine (C=N–C) groups is 1. The van der Waals surface area contributed by atoms with Crippen molar-refractivity contribution >= 4 is 41.5 Å². The molecule has 6 nitrogen and oxygen atoms in total. The summed E-state index contributed by atoms with van der Waals surface area (Å²) in [5.74, 6) is 1.53. The van der Waals surface area contributed by atoms with E-state index in [1.165, 1.54) is 5.56 Å². The third-order valence-electron chi connectivity index (χ3n) is 5.14. The molecule has 1 N–H and O–H groups in total. The Morgan fingerprint density at radius 3 is 2.78 bits per heavy atom. The molecule has 8 heteroatoms. The van der Waals surface area contributed by atoms with Crippen LogP contribution >= 0.6 is 35.6 Å². The summed E-state index contributed by atoms with van der Waals surface area (Å²) in [6, 6.07) is 10.5. The van der Waals surface area contributed by atoms with Gasteiger partial charge in [-0.1, -0.05) is 28.9 Å². The highest BCUT2D eigenvalue weighted by Gasteiger charge is 2.39. The molecule has 0 spiro atoms. The minimum atomic E-state index is 0. The van der Waals surface area contributed by atoms with Crippen LogP contribution in [-0.4, -0.2) is 60.2 Å². The third-order valence-corrected chi connectivity index (χ3v) is 5.38. The fraction of sp³-hybridized carbons (Fsp3) is 0.474. The Morgan fingerprint density at radius 1 is 1.30 bits per heavy atom. The lowest BCUT2D eigenvalue weighted by Gasteiger charge is -2.36. The smallest absolute Gasteiger partial charge is 0.193 e. The molecule has 146 valence electrons. The van der Waals surface area contributed by atoms with Crippen LogP contribution in [0.5, 0.6) is 0 Å². The van der Waals surface area contributed by atoms with Crippen molar-refractivity contribution in [1.82, 2.24) is 20.3 Å². The molecule has 0 amide bonds. The van der Waals surface area contributed by atoms with Crippen LogP contribution in [0.4, 0.5) is 0 Å². The number of hydrogen-bond acceptors (Lipinski definition) is 4. The molecule has 1 aromatic heterocycles. The lowest BCUT2D eigenvalue weighted by Crippen LogP contribution is -2.52. The second-order valence-electron chi connectivity index (χ2n) is 6.95. The zero-order valence-corrected chi connectivity index (χ0v) is 18.4. The fourth-order valence-electron chi connectivity index (χ4n) is 3.59. The van der Waals surface area contributed by atoms with Crippen molar-refractivity contribution < 1.29 is 4.52 Å². The van der Waals surface area contributed by atoms with E-state index in [4.69, 9.17) is 16.1 Å². The number of nitrogens with one attached hydrogen (secondary N) is 1. The van der Waals surface area contributed by atoms with Crippen molar-refractivity contribution in [1.29, 1.82) is 0 Å². The minimum Gasteiger partial charge on any atom is -0.364 e. The van der Waals surface area contributed by atoms with Crippen LogP contribution in [0.3, 0.4) is 0 Å². The molecule has 2 heterocycles. The van der Waals surface area contributed by atoms with Gasteiger partial charge in [-0.3, -0.25) is 9.89 Å². The molecule has 2 fully saturated rings. The predicted molar refractivity (Wildman–Crippen MR) is 118 cm³/mol. The normalized spacial score (nSPS) is 23.0. The molecule has 1 aliphatic carbocycles. The van der Waals surface area contributed by atoms with Crippen LogP contribution in [0.25, 0.3) is 0 Å². The SMILES string of the molecule is CN=C(NC1CC1c1cccc(Cl)c1)N1CCN(Cc2ccon2)CC1.I. The molecule has 27 heavy (non-hydrogen) atoms. The Hall–Kier alpha value is -1.32. The first-order valence-electron chi connectivity index (χ1n) is 9.08. The van der Waals surface area contributed by atoms with E-state index in [0.29, 0.717) is 12.0 Å². The van der Waals surface area contributed by atoms with E-state index in [1.807, 2.05) is 25.2 Å². The maximum absolute atomic E-state index is 6.12. The lowest BCUT2D eigenvalue weighted by molar-refractivity contribution is 0.169. The summed E-state index contributed by atoms with van der Waals surface area (Å²) >= 11 is 6.12. The summed E-state index contributed by atoms with van der Waals surface area (Å²) in [6.07, 6.45) is 2.76. The monoisotopic (exact) mass is 501 g/mol. The largest absolute Gasteiger partial charge is 0.364 e. The quantitative estimate of drug-likeness (QED) is 0.396. The number of aromatic nitrogens is 1. The van der Waals surface area contributed by atoms with Crippen LogP contribution in [0.15, 0.2) is 46.1 Å². The maximum atomic E-state index is 6.12. The zero-order chi connectivity index (χ0) is 17.9. The van der Waals surface area contributed by atoms with Crippen LogP contribution in [-0.2, 0) is 6.54 Å². The van der Waals surface area contributed by atoms with Crippen molar-refractivity contribution in [2.24, 2.45) is 4.99 Å². The van der Waals surface area contributed by atoms with Gasteiger partial charge in [-0.05, 0) is 24.1 Å². The predicted octanol–water partition coefficient (Wildman–Crippen LogP) is 3.20. The van der Waals surface area contributed by atoms with Crippen molar-refractivity contribution in [2.45, 2.75) is 24.9 Å². The van der Waals surface area contributed by atoms with Gasteiger partial charge >= 0.3 is 0 Å². The first-order valence-corrected chi connectivity index (χ1v) is 9.46. The second-order valence-corrected chi connectivity index (χ2v) is 7.39. The highest BCUT2D eigenvalue weighted by Crippen LogP contribution is 2.41. The molecule has 2 aromatic rings. The number of benzene rings is 1. The molecule has 0 radical (unpaired) electrons. The molecule has 2 unspecified atom stereocenters. The molecule has 2 atom stereocenters. The van der Waals surface area contributed by atoms with Crippen molar-refractivity contribution in [3.8, 4) is 0 Å². The molecule has 1 saturated carbocycles. The molecular weight excluding hydrogens is 477 g/mol. The van der Waals surface area contributed by atoms with Crippen molar-refractivity contribution in [3.05, 3.63) is 52.9 Å². The Kier molecular flexibility index (Phi) is 6.99. The van der Waals surface area contributed by atoms with Gasteiger partial charge in [0.25, 0.3) is 0 Å². The van der Waals surface area contributed by atoms with Crippen LogP contribution < -0.4 is 5.32 Å². The first kappa shape index (κ1) is 20.4. The Balaban J connectivity index is 0.00000210. The third kappa shape index (κ3) is 5.14. The van der Waals surface area contributed by atoms with Gasteiger partial charge in [-0.15, -0.1) is 24.0 Å². The van der Waals surface area contributed by atoms with Crippen LogP contribution in [0.2, 0.25) is 5.02 Å². The van der Waals surface area contributed by atoms with Gasteiger partial charge in [-0.2, -0.15) is 0 Å². The molecule has 1 aliphatic heterocycles. The van der Waals surface area contributed by atoms with Crippen molar-refractivity contribution in [3.63, 3.8) is 0 Å². The lowest BCUT2D eigenvalue weighted by atomic mass is 10.1. The van der Waals surface area contributed by atoms with E-state index in [0.717, 1.165) is 55.8 Å². The number of nitrogens with zero attached hydrogens (tertiary/aromatic N) is 4. The van der Waals surface area contributed by atoms with Crippen molar-refractivity contribution in [2.75, 3.05) is 33.2 Å².